The molecule has 0 spiro atoms. The van der Waals surface area contributed by atoms with Crippen LogP contribution in [0.15, 0.2) is 16.8 Å². The molecule has 15 heavy (non-hydrogen) atoms. The molecule has 0 radical (unpaired) electrons. The molecule has 0 aliphatic rings. The van der Waals surface area contributed by atoms with Gasteiger partial charge in [0.15, 0.2) is 0 Å². The third-order valence-electron chi connectivity index (χ3n) is 1.89. The van der Waals surface area contributed by atoms with Gasteiger partial charge in [0.25, 0.3) is 0 Å². The molecule has 3 nitrogen and oxygen atoms in total. The Balaban J connectivity index is 2.27. The molecule has 0 atom stereocenters. The Morgan fingerprint density at radius 3 is 3.00 bits per heavy atom. The van der Waals surface area contributed by atoms with Gasteiger partial charge in [0.05, 0.1) is 0 Å². The Kier molecular flexibility index (Phi) is 6.08. The number of hydrogen-bond acceptors (Lipinski definition) is 4. The molecule has 1 heterocycles. The second-order valence-electron chi connectivity index (χ2n) is 3.26. The molecular weight excluding hydrogens is 319 g/mol. The van der Waals surface area contributed by atoms with Crippen LogP contribution < -0.4 is 0 Å². The van der Waals surface area contributed by atoms with Gasteiger partial charge in [0.2, 0.25) is 0 Å². The van der Waals surface area contributed by atoms with Crippen LogP contribution in [-0.4, -0.2) is 26.1 Å². The molecule has 0 N–H and O–H groups in total. The minimum atomic E-state index is -3.04. The Labute approximate surface area is 101 Å². The predicted molar refractivity (Wildman–Crippen MR) is 60.3 cm³/mol. The van der Waals surface area contributed by atoms with Crippen LogP contribution in [0.5, 0.6) is 0 Å². The predicted octanol–water partition coefficient (Wildman–Crippen LogP) is 2.55. The summed E-state index contributed by atoms with van der Waals surface area (Å²) in [6.45, 7) is 2.03. The molecule has 0 amide bonds. The third-order valence-corrected chi connectivity index (χ3v) is 6.10. The summed E-state index contributed by atoms with van der Waals surface area (Å²) in [7, 11) is 0. The molecule has 0 saturated carbocycles. The van der Waals surface area contributed by atoms with Crippen LogP contribution in [0, 0.1) is 0 Å². The van der Waals surface area contributed by atoms with E-state index in [2.05, 4.69) is 0 Å². The molecule has 1 aromatic rings. The summed E-state index contributed by atoms with van der Waals surface area (Å²) >= 11 is -1.49. The van der Waals surface area contributed by atoms with Gasteiger partial charge in [-0.05, 0) is 0 Å². The molecular formula is C10H14O3SSn. The van der Waals surface area contributed by atoms with Crippen molar-refractivity contribution in [3.8, 4) is 0 Å². The molecule has 82 valence electrons. The van der Waals surface area contributed by atoms with E-state index >= 15 is 0 Å². The molecule has 0 bridgehead atoms. The quantitative estimate of drug-likeness (QED) is 0.752. The third kappa shape index (κ3) is 5.41. The molecule has 0 unspecified atom stereocenters. The molecule has 1 rings (SSSR count). The topological polar surface area (TPSA) is 43.4 Å². The van der Waals surface area contributed by atoms with Crippen LogP contribution in [0.3, 0.4) is 0 Å². The summed E-state index contributed by atoms with van der Waals surface area (Å²) < 4.78 is 16.9. The number of carbonyl (C=O) groups excluding carboxylic acids is 1. The van der Waals surface area contributed by atoms with Gasteiger partial charge < -0.3 is 0 Å². The molecule has 0 aliphatic carbocycles. The van der Waals surface area contributed by atoms with Crippen LogP contribution in [0.2, 0.25) is 4.44 Å². The van der Waals surface area contributed by atoms with E-state index < -0.39 is 20.2 Å². The van der Waals surface area contributed by atoms with Crippen LogP contribution in [0.4, 0.5) is 0 Å². The normalized spacial score (nSPS) is 9.93. The van der Waals surface area contributed by atoms with Crippen molar-refractivity contribution in [2.75, 3.05) is 0 Å². The Bertz CT molecular complexity index is 321. The minimum absolute atomic E-state index is 0.252. The zero-order valence-electron chi connectivity index (χ0n) is 8.69. The maximum atomic E-state index is 11.4. The fourth-order valence-electron chi connectivity index (χ4n) is 1.10. The summed E-state index contributed by atoms with van der Waals surface area (Å²) in [5.41, 5.74) is 0.941. The Hall–Kier alpha value is -0.231. The van der Waals surface area contributed by atoms with Crippen molar-refractivity contribution >= 4 is 37.5 Å². The number of unbranched alkanes of at least 4 members (excludes halogenated alkanes) is 1. The van der Waals surface area contributed by atoms with Crippen molar-refractivity contribution in [2.24, 2.45) is 0 Å². The summed E-state index contributed by atoms with van der Waals surface area (Å²) in [5.74, 6) is -0.339. The van der Waals surface area contributed by atoms with Gasteiger partial charge in [0, 0.05) is 0 Å². The van der Waals surface area contributed by atoms with Crippen LogP contribution in [-0.2, 0) is 17.4 Å². The summed E-state index contributed by atoms with van der Waals surface area (Å²) in [5, 5.41) is 3.82. The molecule has 0 aromatic carbocycles. The molecule has 0 saturated heterocycles. The summed E-state index contributed by atoms with van der Waals surface area (Å²) in [6, 6.07) is 1.88. The van der Waals surface area contributed by atoms with E-state index in [1.807, 2.05) is 23.8 Å². The first kappa shape index (κ1) is 12.8. The van der Waals surface area contributed by atoms with Gasteiger partial charge in [-0.25, -0.2) is 0 Å². The Morgan fingerprint density at radius 2 is 2.40 bits per heavy atom. The second kappa shape index (κ2) is 7.11. The first-order valence-corrected chi connectivity index (χ1v) is 10.3. The van der Waals surface area contributed by atoms with Crippen molar-refractivity contribution < 1.29 is 10.9 Å². The van der Waals surface area contributed by atoms with Crippen LogP contribution in [0.1, 0.15) is 25.3 Å². The van der Waals surface area contributed by atoms with Gasteiger partial charge in [-0.2, -0.15) is 0 Å². The number of thiophene rings is 1. The van der Waals surface area contributed by atoms with E-state index in [4.69, 9.17) is 3.07 Å². The van der Waals surface area contributed by atoms with Gasteiger partial charge in [-0.3, -0.25) is 0 Å². The fourth-order valence-corrected chi connectivity index (χ4v) is 4.82. The second-order valence-corrected chi connectivity index (χ2v) is 8.17. The van der Waals surface area contributed by atoms with Crippen molar-refractivity contribution in [1.82, 2.24) is 0 Å². The van der Waals surface area contributed by atoms with E-state index in [0.29, 0.717) is 4.44 Å². The van der Waals surface area contributed by atoms with Crippen molar-refractivity contribution in [3.05, 3.63) is 22.4 Å². The number of carbonyl (C=O) groups is 1. The van der Waals surface area contributed by atoms with E-state index in [0.717, 1.165) is 18.4 Å². The summed E-state index contributed by atoms with van der Waals surface area (Å²) in [6.07, 6.45) is 2.14. The first-order chi connectivity index (χ1) is 7.22. The first-order valence-electron chi connectivity index (χ1n) is 4.97. The molecule has 1 aromatic heterocycles. The van der Waals surface area contributed by atoms with Gasteiger partial charge in [0.1, 0.15) is 0 Å². The average molecular weight is 333 g/mol. The van der Waals surface area contributed by atoms with Crippen LogP contribution >= 0.6 is 11.3 Å². The monoisotopic (exact) mass is 334 g/mol. The molecule has 0 aliphatic heterocycles. The number of rotatable bonds is 6. The number of hydrogen-bond donors (Lipinski definition) is 0. The molecule has 5 heteroatoms. The average Bonchev–Trinajstić information content (AvgIpc) is 2.67. The summed E-state index contributed by atoms with van der Waals surface area (Å²) in [4.78, 5) is 11.3. The Morgan fingerprint density at radius 1 is 1.60 bits per heavy atom. The zero-order chi connectivity index (χ0) is 11.1. The van der Waals surface area contributed by atoms with E-state index in [1.165, 1.54) is 0 Å². The van der Waals surface area contributed by atoms with Crippen LogP contribution in [0.25, 0.3) is 0 Å². The van der Waals surface area contributed by atoms with E-state index in [9.17, 15) is 7.87 Å². The SMILES string of the molecule is CCC[CH2][Sn](=[O])[O]C(=O)Cc1ccsc1. The molecule has 0 fully saturated rings. The van der Waals surface area contributed by atoms with Gasteiger partial charge in [-0.15, -0.1) is 0 Å². The standard InChI is InChI=1S/C6H6O2S.C4H9.O.Sn/c7-6(8)3-5-1-2-9-4-5;1-3-4-2;;/h1-2,4H,3H2,(H,7,8);1,3-4H2,2H3;;/q;;;+1/p-1. The van der Waals surface area contributed by atoms with Crippen molar-refractivity contribution in [2.45, 2.75) is 30.6 Å². The van der Waals surface area contributed by atoms with E-state index in [-0.39, 0.29) is 12.4 Å². The van der Waals surface area contributed by atoms with E-state index in [1.54, 1.807) is 11.3 Å². The van der Waals surface area contributed by atoms with Crippen molar-refractivity contribution in [3.63, 3.8) is 0 Å². The van der Waals surface area contributed by atoms with Crippen molar-refractivity contribution in [1.29, 1.82) is 0 Å². The fraction of sp³-hybridized carbons (Fsp3) is 0.500. The maximum absolute atomic E-state index is 11.4. The van der Waals surface area contributed by atoms with Gasteiger partial charge >= 0.3 is 101 Å². The van der Waals surface area contributed by atoms with Gasteiger partial charge in [-0.1, -0.05) is 0 Å². The zero-order valence-corrected chi connectivity index (χ0v) is 12.4.